The normalized spacial score (nSPS) is 11.0. The fourth-order valence-electron chi connectivity index (χ4n) is 3.21. The molecule has 0 saturated heterocycles. The Kier molecular flexibility index (Phi) is 29.4. The number of hydrogen-bond acceptors (Lipinski definition) is 4. The van der Waals surface area contributed by atoms with Gasteiger partial charge < -0.3 is 20.4 Å². The molecule has 0 aliphatic rings. The summed E-state index contributed by atoms with van der Waals surface area (Å²) in [5, 5.41) is 35.1. The van der Waals surface area contributed by atoms with Crippen LogP contribution < -0.4 is 0 Å². The van der Waals surface area contributed by atoms with Crippen LogP contribution in [0.4, 0.5) is 0 Å². The third kappa shape index (κ3) is 30.5. The summed E-state index contributed by atoms with van der Waals surface area (Å²) in [4.78, 5) is 42.6. The minimum atomic E-state index is -0.831. The molecule has 0 aromatic carbocycles. The highest BCUT2D eigenvalue weighted by molar-refractivity contribution is 5.88. The average molecular weight is 673 g/mol. The second kappa shape index (κ2) is 27.9. The molecule has 0 aliphatic heterocycles. The standard InChI is InChI=1S/4C10H16O2/c4*1-7(2)5-6-9(8(3)4)10(11)12/h5H,6H2,1-4H3,(H,11,12);2*5-6,8H,1-4H3,(H,11,12);5,9H,3,6H2,1-2,4H3,(H,11,12)/b;9-6+;9-6-;. The molecule has 1 unspecified atom stereocenters. The molecule has 0 spiro atoms. The topological polar surface area (TPSA) is 149 Å². The summed E-state index contributed by atoms with van der Waals surface area (Å²) in [6, 6.07) is 0. The Labute approximate surface area is 290 Å². The van der Waals surface area contributed by atoms with Gasteiger partial charge in [0, 0.05) is 16.7 Å². The summed E-state index contributed by atoms with van der Waals surface area (Å²) < 4.78 is 0. The quantitative estimate of drug-likeness (QED) is 0.0857. The molecule has 0 aliphatic carbocycles. The lowest BCUT2D eigenvalue weighted by molar-refractivity contribution is -0.140. The summed E-state index contributed by atoms with van der Waals surface area (Å²) in [5.74, 6) is -3.56. The van der Waals surface area contributed by atoms with Gasteiger partial charge in [-0.2, -0.15) is 0 Å². The van der Waals surface area contributed by atoms with E-state index in [-0.39, 0.29) is 11.8 Å². The van der Waals surface area contributed by atoms with Gasteiger partial charge in [0.1, 0.15) is 0 Å². The Hall–Kier alpha value is -4.20. The first-order chi connectivity index (χ1) is 21.8. The monoisotopic (exact) mass is 672 g/mol. The Balaban J connectivity index is -0.000000269. The molecule has 0 radical (unpaired) electrons. The molecule has 0 fully saturated rings. The zero-order chi connectivity index (χ0) is 38.9. The number of carbonyl (C=O) groups is 4. The molecule has 0 amide bonds. The Morgan fingerprint density at radius 3 is 1.08 bits per heavy atom. The van der Waals surface area contributed by atoms with Crippen molar-refractivity contribution < 1.29 is 39.6 Å². The van der Waals surface area contributed by atoms with E-state index in [1.807, 2.05) is 121 Å². The fraction of sp³-hybridized carbons (Fsp3) is 0.500. The van der Waals surface area contributed by atoms with Gasteiger partial charge in [0.05, 0.1) is 5.92 Å². The zero-order valence-corrected chi connectivity index (χ0v) is 32.2. The molecule has 0 bridgehead atoms. The van der Waals surface area contributed by atoms with Crippen LogP contribution in [0.25, 0.3) is 0 Å². The van der Waals surface area contributed by atoms with Gasteiger partial charge in [0.15, 0.2) is 0 Å². The highest BCUT2D eigenvalue weighted by Gasteiger charge is 2.16. The molecule has 0 aromatic rings. The number of allylic oxidation sites excluding steroid dienone is 11. The van der Waals surface area contributed by atoms with E-state index in [1.165, 1.54) is 0 Å². The van der Waals surface area contributed by atoms with Gasteiger partial charge in [-0.25, -0.2) is 14.4 Å². The minimum Gasteiger partial charge on any atom is -0.481 e. The molecule has 0 aromatic heterocycles. The number of carboxylic acid groups (broad SMARTS) is 4. The molecule has 0 rings (SSSR count). The van der Waals surface area contributed by atoms with Gasteiger partial charge in [-0.15, -0.1) is 0 Å². The van der Waals surface area contributed by atoms with Crippen LogP contribution in [0.5, 0.6) is 0 Å². The maximum atomic E-state index is 10.7. The SMILES string of the molecule is C=C(C)C(CC=C(C)C)C(=O)O.CC(C)=C/C=C(/C(=O)O)C(C)C.CC(C)=C/C=C(\C(=O)O)C(C)C.CC(C)=CCC(C(=O)O)=C(C)C. The van der Waals surface area contributed by atoms with Crippen molar-refractivity contribution in [3.63, 3.8) is 0 Å². The molecule has 272 valence electrons. The lowest BCUT2D eigenvalue weighted by atomic mass is 9.97. The van der Waals surface area contributed by atoms with Crippen molar-refractivity contribution >= 4 is 23.9 Å². The predicted octanol–water partition coefficient (Wildman–Crippen LogP) is 10.6. The van der Waals surface area contributed by atoms with E-state index in [1.54, 1.807) is 19.1 Å². The third-order valence-corrected chi connectivity index (χ3v) is 6.16. The van der Waals surface area contributed by atoms with Gasteiger partial charge in [-0.3, -0.25) is 4.79 Å². The van der Waals surface area contributed by atoms with Crippen LogP contribution in [0, 0.1) is 17.8 Å². The number of rotatable bonds is 13. The molecule has 1 atom stereocenters. The second-order valence-electron chi connectivity index (χ2n) is 13.2. The molecular formula is C40H64O8. The van der Waals surface area contributed by atoms with Gasteiger partial charge in [-0.1, -0.05) is 104 Å². The third-order valence-electron chi connectivity index (χ3n) is 6.16. The minimum absolute atomic E-state index is 0.0677. The average Bonchev–Trinajstić information content (AvgIpc) is 2.87. The van der Waals surface area contributed by atoms with Crippen LogP contribution in [-0.4, -0.2) is 44.3 Å². The zero-order valence-electron chi connectivity index (χ0n) is 32.2. The number of aliphatic carboxylic acids is 4. The smallest absolute Gasteiger partial charge is 0.331 e. The fourth-order valence-corrected chi connectivity index (χ4v) is 3.21. The van der Waals surface area contributed by atoms with Crippen LogP contribution in [0.3, 0.4) is 0 Å². The second-order valence-corrected chi connectivity index (χ2v) is 13.2. The van der Waals surface area contributed by atoms with Crippen molar-refractivity contribution in [2.24, 2.45) is 17.8 Å². The first kappa shape index (κ1) is 50.7. The van der Waals surface area contributed by atoms with Crippen molar-refractivity contribution in [3.8, 4) is 0 Å². The summed E-state index contributed by atoms with van der Waals surface area (Å²) in [6.07, 6.45) is 11.9. The number of carboxylic acids is 4. The maximum Gasteiger partial charge on any atom is 0.331 e. The summed E-state index contributed by atoms with van der Waals surface area (Å²) in [5.41, 5.74) is 7.49. The van der Waals surface area contributed by atoms with Gasteiger partial charge >= 0.3 is 23.9 Å². The van der Waals surface area contributed by atoms with Crippen LogP contribution in [0.15, 0.2) is 93.2 Å². The maximum absolute atomic E-state index is 10.7. The van der Waals surface area contributed by atoms with E-state index >= 15 is 0 Å². The molecule has 8 nitrogen and oxygen atoms in total. The Bertz CT molecular complexity index is 1210. The van der Waals surface area contributed by atoms with E-state index in [0.29, 0.717) is 35.1 Å². The lowest BCUT2D eigenvalue weighted by Gasteiger charge is -2.08. The van der Waals surface area contributed by atoms with E-state index in [0.717, 1.165) is 27.9 Å². The van der Waals surface area contributed by atoms with Crippen molar-refractivity contribution in [1.82, 2.24) is 0 Å². The first-order valence-electron chi connectivity index (χ1n) is 16.0. The van der Waals surface area contributed by atoms with Crippen LogP contribution in [0.2, 0.25) is 0 Å². The molecule has 4 N–H and O–H groups in total. The van der Waals surface area contributed by atoms with E-state index < -0.39 is 29.8 Å². The van der Waals surface area contributed by atoms with Crippen molar-refractivity contribution in [2.75, 3.05) is 0 Å². The van der Waals surface area contributed by atoms with Crippen molar-refractivity contribution in [1.29, 1.82) is 0 Å². The largest absolute Gasteiger partial charge is 0.481 e. The Morgan fingerprint density at radius 2 is 0.896 bits per heavy atom. The highest BCUT2D eigenvalue weighted by Crippen LogP contribution is 2.15. The van der Waals surface area contributed by atoms with Crippen LogP contribution >= 0.6 is 0 Å². The van der Waals surface area contributed by atoms with Crippen molar-refractivity contribution in [2.45, 2.75) is 117 Å². The summed E-state index contributed by atoms with van der Waals surface area (Å²) >= 11 is 0. The lowest BCUT2D eigenvalue weighted by Crippen LogP contribution is -2.13. The summed E-state index contributed by atoms with van der Waals surface area (Å²) in [7, 11) is 0. The van der Waals surface area contributed by atoms with Gasteiger partial charge in [-0.05, 0) is 101 Å². The predicted molar refractivity (Wildman–Crippen MR) is 200 cm³/mol. The van der Waals surface area contributed by atoms with Gasteiger partial charge in [0.2, 0.25) is 0 Å². The van der Waals surface area contributed by atoms with Crippen LogP contribution in [0.1, 0.15) is 117 Å². The van der Waals surface area contributed by atoms with Gasteiger partial charge in [0.25, 0.3) is 0 Å². The molecule has 0 heterocycles. The van der Waals surface area contributed by atoms with E-state index in [4.69, 9.17) is 20.4 Å². The molecular weight excluding hydrogens is 608 g/mol. The van der Waals surface area contributed by atoms with Crippen molar-refractivity contribution in [3.05, 3.63) is 93.2 Å². The molecule has 48 heavy (non-hydrogen) atoms. The van der Waals surface area contributed by atoms with Crippen LogP contribution in [-0.2, 0) is 19.2 Å². The first-order valence-corrected chi connectivity index (χ1v) is 16.0. The number of hydrogen-bond donors (Lipinski definition) is 4. The Morgan fingerprint density at radius 1 is 0.542 bits per heavy atom. The summed E-state index contributed by atoms with van der Waals surface area (Å²) in [6.45, 7) is 32.1. The molecule has 8 heteroatoms. The van der Waals surface area contributed by atoms with E-state index in [2.05, 4.69) is 6.58 Å². The molecule has 0 saturated carbocycles. The highest BCUT2D eigenvalue weighted by atomic mass is 16.4. The van der Waals surface area contributed by atoms with E-state index in [9.17, 15) is 19.2 Å².